The Labute approximate surface area is 245 Å². The summed E-state index contributed by atoms with van der Waals surface area (Å²) in [7, 11) is 0. The van der Waals surface area contributed by atoms with Crippen molar-refractivity contribution in [3.63, 3.8) is 0 Å². The standard InChI is InChI=1S/C32H51NO8/c1-4-5-6-7-8-9-10-14-17-26(36)33-28-24(18-34)39-20-21(2)31(28)41-32-27(22(3)29(37)25(19-35)40-32)30(38)23-15-12-11-13-16-23/h11-13,15-16,21-22,24-25,27-29,31-32,34-35,37H,4-10,14,17-20H2,1-3H3,(H,33,36)/t21?,22-,24?,25?,27?,28+,29-,31-,32+/m1/s1. The number of Topliss-reactive ketones (excluding diaryl/α,β-unsaturated/α-hetero) is 1. The number of aliphatic hydroxyl groups is 3. The highest BCUT2D eigenvalue weighted by Crippen LogP contribution is 2.37. The highest BCUT2D eigenvalue weighted by Gasteiger charge is 2.50. The number of ketones is 1. The molecule has 2 aliphatic rings. The van der Waals surface area contributed by atoms with Crippen molar-refractivity contribution in [2.75, 3.05) is 19.8 Å². The number of rotatable bonds is 16. The van der Waals surface area contributed by atoms with E-state index < -0.39 is 55.2 Å². The van der Waals surface area contributed by atoms with Gasteiger partial charge in [-0.2, -0.15) is 0 Å². The molecule has 2 fully saturated rings. The van der Waals surface area contributed by atoms with Crippen LogP contribution in [-0.4, -0.2) is 83.6 Å². The number of carbonyl (C=O) groups excluding carboxylic acids is 2. The van der Waals surface area contributed by atoms with E-state index in [0.717, 1.165) is 19.3 Å². The van der Waals surface area contributed by atoms with Crippen LogP contribution >= 0.6 is 0 Å². The molecule has 0 bridgehead atoms. The molecule has 9 nitrogen and oxygen atoms in total. The van der Waals surface area contributed by atoms with Gasteiger partial charge in [0.15, 0.2) is 12.1 Å². The molecular weight excluding hydrogens is 526 g/mol. The molecule has 4 N–H and O–H groups in total. The van der Waals surface area contributed by atoms with Gasteiger partial charge in [-0.15, -0.1) is 0 Å². The van der Waals surface area contributed by atoms with E-state index >= 15 is 0 Å². The minimum Gasteiger partial charge on any atom is -0.394 e. The molecule has 41 heavy (non-hydrogen) atoms. The van der Waals surface area contributed by atoms with Gasteiger partial charge in [0.25, 0.3) is 0 Å². The van der Waals surface area contributed by atoms with Crippen molar-refractivity contribution in [3.05, 3.63) is 35.9 Å². The number of unbranched alkanes of at least 4 members (excludes halogenated alkanes) is 7. The van der Waals surface area contributed by atoms with Gasteiger partial charge in [0.05, 0.1) is 44.0 Å². The van der Waals surface area contributed by atoms with Gasteiger partial charge in [-0.3, -0.25) is 9.59 Å². The Morgan fingerprint density at radius 2 is 1.59 bits per heavy atom. The van der Waals surface area contributed by atoms with Crippen LogP contribution in [0.2, 0.25) is 0 Å². The second-order valence-electron chi connectivity index (χ2n) is 11.8. The van der Waals surface area contributed by atoms with Gasteiger partial charge in [0, 0.05) is 17.9 Å². The van der Waals surface area contributed by atoms with Crippen LogP contribution < -0.4 is 5.32 Å². The van der Waals surface area contributed by atoms with Crippen molar-refractivity contribution < 1.29 is 39.1 Å². The third kappa shape index (κ3) is 9.30. The lowest BCUT2D eigenvalue weighted by Gasteiger charge is -2.47. The number of hydrogen-bond acceptors (Lipinski definition) is 8. The van der Waals surface area contributed by atoms with E-state index in [1.54, 1.807) is 31.2 Å². The highest BCUT2D eigenvalue weighted by atomic mass is 16.7. The molecule has 4 unspecified atom stereocenters. The van der Waals surface area contributed by atoms with Crippen molar-refractivity contribution in [3.8, 4) is 0 Å². The summed E-state index contributed by atoms with van der Waals surface area (Å²) < 4.78 is 18.4. The Hall–Kier alpha value is -1.88. The monoisotopic (exact) mass is 577 g/mol. The first-order valence-electron chi connectivity index (χ1n) is 15.5. The molecule has 9 heteroatoms. The zero-order valence-electron chi connectivity index (χ0n) is 25.0. The lowest BCUT2D eigenvalue weighted by Crippen LogP contribution is -2.63. The number of hydrogen-bond donors (Lipinski definition) is 4. The van der Waals surface area contributed by atoms with E-state index in [-0.39, 0.29) is 24.2 Å². The van der Waals surface area contributed by atoms with Crippen LogP contribution in [0, 0.1) is 17.8 Å². The molecule has 0 saturated carbocycles. The Balaban J connectivity index is 1.71. The maximum Gasteiger partial charge on any atom is 0.220 e. The summed E-state index contributed by atoms with van der Waals surface area (Å²) in [6.07, 6.45) is 5.07. The third-order valence-electron chi connectivity index (χ3n) is 8.57. The topological polar surface area (TPSA) is 135 Å². The van der Waals surface area contributed by atoms with Crippen molar-refractivity contribution in [1.29, 1.82) is 0 Å². The van der Waals surface area contributed by atoms with Crippen molar-refractivity contribution in [2.24, 2.45) is 17.8 Å². The summed E-state index contributed by atoms with van der Waals surface area (Å²) in [4.78, 5) is 26.6. The Morgan fingerprint density at radius 1 is 0.951 bits per heavy atom. The van der Waals surface area contributed by atoms with Crippen LogP contribution in [0.4, 0.5) is 0 Å². The minimum absolute atomic E-state index is 0.135. The van der Waals surface area contributed by atoms with Crippen molar-refractivity contribution in [1.82, 2.24) is 5.32 Å². The average Bonchev–Trinajstić information content (AvgIpc) is 2.98. The summed E-state index contributed by atoms with van der Waals surface area (Å²) in [6, 6.07) is 8.13. The number of carbonyl (C=O) groups is 2. The summed E-state index contributed by atoms with van der Waals surface area (Å²) in [6.45, 7) is 5.45. The van der Waals surface area contributed by atoms with Gasteiger partial charge in [-0.05, 0) is 12.3 Å². The second kappa shape index (κ2) is 17.3. The lowest BCUT2D eigenvalue weighted by molar-refractivity contribution is -0.292. The van der Waals surface area contributed by atoms with Crippen LogP contribution in [0.15, 0.2) is 30.3 Å². The largest absolute Gasteiger partial charge is 0.394 e. The number of ether oxygens (including phenoxy) is 3. The molecule has 2 heterocycles. The Kier molecular flexibility index (Phi) is 14.2. The maximum absolute atomic E-state index is 13.6. The first kappa shape index (κ1) is 33.6. The fourth-order valence-corrected chi connectivity index (χ4v) is 5.99. The van der Waals surface area contributed by atoms with Crippen LogP contribution in [0.3, 0.4) is 0 Å². The van der Waals surface area contributed by atoms with E-state index in [0.29, 0.717) is 18.6 Å². The summed E-state index contributed by atoms with van der Waals surface area (Å²) in [5.41, 5.74) is 0.472. The normalized spacial score (nSPS) is 32.0. The molecular formula is C32H51NO8. The Bertz CT molecular complexity index is 914. The van der Waals surface area contributed by atoms with E-state index in [9.17, 15) is 24.9 Å². The number of aliphatic hydroxyl groups excluding tert-OH is 3. The molecule has 0 aromatic heterocycles. The average molecular weight is 578 g/mol. The van der Waals surface area contributed by atoms with E-state index in [1.807, 2.05) is 13.0 Å². The van der Waals surface area contributed by atoms with Crippen LogP contribution in [0.25, 0.3) is 0 Å². The van der Waals surface area contributed by atoms with Gasteiger partial charge in [0.1, 0.15) is 12.2 Å². The van der Waals surface area contributed by atoms with Gasteiger partial charge in [-0.1, -0.05) is 96.0 Å². The predicted octanol–water partition coefficient (Wildman–Crippen LogP) is 3.63. The van der Waals surface area contributed by atoms with Gasteiger partial charge < -0.3 is 34.8 Å². The molecule has 0 aliphatic carbocycles. The van der Waals surface area contributed by atoms with Crippen molar-refractivity contribution in [2.45, 2.75) is 115 Å². The maximum atomic E-state index is 13.6. The molecule has 2 saturated heterocycles. The molecule has 3 rings (SSSR count). The van der Waals surface area contributed by atoms with Gasteiger partial charge in [-0.25, -0.2) is 0 Å². The molecule has 1 amide bonds. The van der Waals surface area contributed by atoms with Crippen LogP contribution in [-0.2, 0) is 19.0 Å². The number of benzene rings is 1. The minimum atomic E-state index is -1.07. The smallest absolute Gasteiger partial charge is 0.220 e. The summed E-state index contributed by atoms with van der Waals surface area (Å²) >= 11 is 0. The van der Waals surface area contributed by atoms with E-state index in [2.05, 4.69) is 12.2 Å². The molecule has 1 aromatic carbocycles. The first-order chi connectivity index (χ1) is 19.8. The highest BCUT2D eigenvalue weighted by molar-refractivity contribution is 5.98. The van der Waals surface area contributed by atoms with Gasteiger partial charge in [0.2, 0.25) is 5.91 Å². The second-order valence-corrected chi connectivity index (χ2v) is 11.8. The summed E-state index contributed by atoms with van der Waals surface area (Å²) in [5.74, 6) is -1.95. The van der Waals surface area contributed by atoms with E-state index in [1.165, 1.54) is 32.1 Å². The zero-order chi connectivity index (χ0) is 29.8. The lowest BCUT2D eigenvalue weighted by atomic mass is 9.79. The fraction of sp³-hybridized carbons (Fsp3) is 0.750. The quantitative estimate of drug-likeness (QED) is 0.173. The molecule has 0 radical (unpaired) electrons. The van der Waals surface area contributed by atoms with Crippen LogP contribution in [0.5, 0.6) is 0 Å². The molecule has 1 aromatic rings. The van der Waals surface area contributed by atoms with Crippen molar-refractivity contribution >= 4 is 11.7 Å². The Morgan fingerprint density at radius 3 is 2.22 bits per heavy atom. The zero-order valence-corrected chi connectivity index (χ0v) is 25.0. The molecule has 0 spiro atoms. The predicted molar refractivity (Wildman–Crippen MR) is 155 cm³/mol. The SMILES string of the molecule is CCCCCCCCCCC(=O)N[C@H]1C(CO)OCC(C)[C@H]1O[C@@H]1OC(CO)[C@H](O)[C@H](C)C1C(=O)c1ccccc1. The molecule has 9 atom stereocenters. The van der Waals surface area contributed by atoms with Gasteiger partial charge >= 0.3 is 0 Å². The summed E-state index contributed by atoms with van der Waals surface area (Å²) in [5, 5.41) is 33.8. The first-order valence-corrected chi connectivity index (χ1v) is 15.5. The molecule has 232 valence electrons. The molecule has 2 aliphatic heterocycles. The van der Waals surface area contributed by atoms with Crippen LogP contribution in [0.1, 0.15) is 88.9 Å². The van der Waals surface area contributed by atoms with E-state index in [4.69, 9.17) is 14.2 Å². The fourth-order valence-electron chi connectivity index (χ4n) is 5.99. The number of amides is 1. The third-order valence-corrected chi connectivity index (χ3v) is 8.57. The number of nitrogens with one attached hydrogen (secondary N) is 1.